The molecule has 17 heavy (non-hydrogen) atoms. The number of imidazole rings is 1. The molecule has 0 fully saturated rings. The maximum absolute atomic E-state index is 11.2. The first-order valence-electron chi connectivity index (χ1n) is 6.03. The first-order chi connectivity index (χ1) is 7.77. The normalized spacial score (nSPS) is 11.8. The van der Waals surface area contributed by atoms with Crippen molar-refractivity contribution < 1.29 is 4.92 Å². The summed E-state index contributed by atoms with van der Waals surface area (Å²) in [5.41, 5.74) is 0.590. The van der Waals surface area contributed by atoms with E-state index in [9.17, 15) is 10.1 Å². The number of hydrogen-bond acceptors (Lipinski definition) is 3. The quantitative estimate of drug-likeness (QED) is 0.595. The van der Waals surface area contributed by atoms with Gasteiger partial charge in [0.05, 0.1) is 6.04 Å². The smallest absolute Gasteiger partial charge is 0.346 e. The molecule has 1 aromatic rings. The highest BCUT2D eigenvalue weighted by Gasteiger charge is 2.31. The average molecular weight is 239 g/mol. The molecular formula is C12H21N3O2. The van der Waals surface area contributed by atoms with E-state index in [4.69, 9.17) is 0 Å². The van der Waals surface area contributed by atoms with Crippen LogP contribution in [0.15, 0.2) is 0 Å². The molecule has 1 heterocycles. The van der Waals surface area contributed by atoms with Gasteiger partial charge in [0.15, 0.2) is 5.82 Å². The lowest BCUT2D eigenvalue weighted by atomic mass is 10.1. The SMILES string of the molecule is CC(C)c1nc(C(C)C)n(C(C)C)c1[N+](=O)[O-]. The van der Waals surface area contributed by atoms with Crippen LogP contribution in [0, 0.1) is 10.1 Å². The zero-order chi connectivity index (χ0) is 13.3. The minimum Gasteiger partial charge on any atom is -0.358 e. The molecule has 1 rings (SSSR count). The van der Waals surface area contributed by atoms with Crippen LogP contribution in [0.1, 0.15) is 70.9 Å². The van der Waals surface area contributed by atoms with Gasteiger partial charge in [-0.05, 0) is 18.8 Å². The van der Waals surface area contributed by atoms with Crippen molar-refractivity contribution in [1.29, 1.82) is 0 Å². The molecule has 0 spiro atoms. The summed E-state index contributed by atoms with van der Waals surface area (Å²) in [6.07, 6.45) is 0. The van der Waals surface area contributed by atoms with E-state index in [1.165, 1.54) is 0 Å². The molecule has 0 bridgehead atoms. The molecule has 1 aromatic heterocycles. The summed E-state index contributed by atoms with van der Waals surface area (Å²) in [4.78, 5) is 15.4. The number of nitrogens with zero attached hydrogens (tertiary/aromatic N) is 3. The van der Waals surface area contributed by atoms with Crippen molar-refractivity contribution in [2.75, 3.05) is 0 Å². The lowest BCUT2D eigenvalue weighted by molar-refractivity contribution is -0.393. The number of nitro groups is 1. The van der Waals surface area contributed by atoms with Gasteiger partial charge in [0.25, 0.3) is 0 Å². The van der Waals surface area contributed by atoms with Gasteiger partial charge in [-0.2, -0.15) is 0 Å². The molecule has 0 radical (unpaired) electrons. The van der Waals surface area contributed by atoms with Crippen molar-refractivity contribution >= 4 is 5.82 Å². The summed E-state index contributed by atoms with van der Waals surface area (Å²) in [7, 11) is 0. The van der Waals surface area contributed by atoms with E-state index in [0.29, 0.717) is 5.69 Å². The molecule has 0 aliphatic carbocycles. The van der Waals surface area contributed by atoms with Crippen molar-refractivity contribution in [3.63, 3.8) is 0 Å². The lowest BCUT2D eigenvalue weighted by Gasteiger charge is -2.10. The second-order valence-corrected chi connectivity index (χ2v) is 5.21. The van der Waals surface area contributed by atoms with Crippen molar-refractivity contribution in [3.8, 4) is 0 Å². The molecule has 0 saturated heterocycles. The Morgan fingerprint density at radius 3 is 1.94 bits per heavy atom. The highest BCUT2D eigenvalue weighted by atomic mass is 16.6. The van der Waals surface area contributed by atoms with Gasteiger partial charge in [-0.1, -0.05) is 27.7 Å². The molecule has 0 amide bonds. The van der Waals surface area contributed by atoms with Gasteiger partial charge in [0.2, 0.25) is 0 Å². The topological polar surface area (TPSA) is 61.0 Å². The van der Waals surface area contributed by atoms with E-state index in [1.54, 1.807) is 4.57 Å². The van der Waals surface area contributed by atoms with Crippen molar-refractivity contribution in [1.82, 2.24) is 9.55 Å². The molecule has 0 atom stereocenters. The van der Waals surface area contributed by atoms with E-state index in [1.807, 2.05) is 41.5 Å². The van der Waals surface area contributed by atoms with Gasteiger partial charge in [0, 0.05) is 11.8 Å². The second kappa shape index (κ2) is 4.85. The first kappa shape index (κ1) is 13.7. The third kappa shape index (κ3) is 2.48. The summed E-state index contributed by atoms with van der Waals surface area (Å²) in [5, 5.41) is 11.2. The minimum atomic E-state index is -0.311. The molecule has 0 saturated carbocycles. The van der Waals surface area contributed by atoms with Crippen LogP contribution in [0.4, 0.5) is 5.82 Å². The Hall–Kier alpha value is -1.39. The number of aromatic nitrogens is 2. The molecule has 5 nitrogen and oxygen atoms in total. The van der Waals surface area contributed by atoms with Crippen LogP contribution < -0.4 is 0 Å². The Labute approximate surface area is 102 Å². The largest absolute Gasteiger partial charge is 0.358 e. The van der Waals surface area contributed by atoms with Crippen molar-refractivity contribution in [3.05, 3.63) is 21.6 Å². The summed E-state index contributed by atoms with van der Waals surface area (Å²) in [6.45, 7) is 11.8. The zero-order valence-electron chi connectivity index (χ0n) is 11.4. The van der Waals surface area contributed by atoms with Crippen molar-refractivity contribution in [2.24, 2.45) is 0 Å². The minimum absolute atomic E-state index is 0.0489. The third-order valence-electron chi connectivity index (χ3n) is 2.69. The van der Waals surface area contributed by atoms with Crippen LogP contribution in [0.25, 0.3) is 0 Å². The Morgan fingerprint density at radius 2 is 1.65 bits per heavy atom. The van der Waals surface area contributed by atoms with Gasteiger partial charge in [0.1, 0.15) is 5.69 Å². The molecule has 0 aliphatic heterocycles. The molecule has 96 valence electrons. The van der Waals surface area contributed by atoms with Crippen LogP contribution in [0.3, 0.4) is 0 Å². The molecule has 5 heteroatoms. The lowest BCUT2D eigenvalue weighted by Crippen LogP contribution is -2.11. The molecule has 0 N–H and O–H groups in total. The van der Waals surface area contributed by atoms with Crippen LogP contribution >= 0.6 is 0 Å². The van der Waals surface area contributed by atoms with Crippen LogP contribution in [0.2, 0.25) is 0 Å². The fourth-order valence-electron chi connectivity index (χ4n) is 1.94. The first-order valence-corrected chi connectivity index (χ1v) is 6.03. The molecule has 0 aliphatic rings. The highest BCUT2D eigenvalue weighted by Crippen LogP contribution is 2.32. The standard InChI is InChI=1S/C12H21N3O2/c1-7(2)10-12(15(16)17)14(9(5)6)11(13-10)8(3)4/h7-9H,1-6H3. The summed E-state index contributed by atoms with van der Waals surface area (Å²) < 4.78 is 1.75. The zero-order valence-corrected chi connectivity index (χ0v) is 11.4. The number of rotatable bonds is 4. The maximum Gasteiger partial charge on any atom is 0.346 e. The van der Waals surface area contributed by atoms with E-state index in [-0.39, 0.29) is 28.6 Å². The molecular weight excluding hydrogens is 218 g/mol. The average Bonchev–Trinajstić information content (AvgIpc) is 2.56. The van der Waals surface area contributed by atoms with E-state index >= 15 is 0 Å². The predicted octanol–water partition coefficient (Wildman–Crippen LogP) is 3.62. The van der Waals surface area contributed by atoms with E-state index in [2.05, 4.69) is 4.98 Å². The second-order valence-electron chi connectivity index (χ2n) is 5.21. The molecule has 0 unspecified atom stereocenters. The van der Waals surface area contributed by atoms with Gasteiger partial charge in [-0.15, -0.1) is 0 Å². The summed E-state index contributed by atoms with van der Waals surface area (Å²) in [5.74, 6) is 1.20. The fraction of sp³-hybridized carbons (Fsp3) is 0.750. The van der Waals surface area contributed by atoms with Crippen LogP contribution in [-0.4, -0.2) is 14.5 Å². The van der Waals surface area contributed by atoms with Gasteiger partial charge in [-0.3, -0.25) is 0 Å². The van der Waals surface area contributed by atoms with Gasteiger partial charge in [-0.25, -0.2) is 9.55 Å². The summed E-state index contributed by atoms with van der Waals surface area (Å²) >= 11 is 0. The monoisotopic (exact) mass is 239 g/mol. The van der Waals surface area contributed by atoms with Gasteiger partial charge >= 0.3 is 5.82 Å². The van der Waals surface area contributed by atoms with Gasteiger partial charge < -0.3 is 10.1 Å². The Balaban J connectivity index is 3.55. The Kier molecular flexibility index (Phi) is 3.91. The van der Waals surface area contributed by atoms with Crippen LogP contribution in [0.5, 0.6) is 0 Å². The highest BCUT2D eigenvalue weighted by molar-refractivity contribution is 5.34. The fourth-order valence-corrected chi connectivity index (χ4v) is 1.94. The Bertz CT molecular complexity index is 420. The predicted molar refractivity (Wildman–Crippen MR) is 67.4 cm³/mol. The molecule has 0 aromatic carbocycles. The van der Waals surface area contributed by atoms with Crippen molar-refractivity contribution in [2.45, 2.75) is 59.4 Å². The maximum atomic E-state index is 11.2. The number of hydrogen-bond donors (Lipinski definition) is 0. The summed E-state index contributed by atoms with van der Waals surface area (Å²) in [6, 6.07) is 0.0489. The van der Waals surface area contributed by atoms with E-state index in [0.717, 1.165) is 5.82 Å². The Morgan fingerprint density at radius 1 is 1.12 bits per heavy atom. The van der Waals surface area contributed by atoms with E-state index < -0.39 is 0 Å². The van der Waals surface area contributed by atoms with Crippen LogP contribution in [-0.2, 0) is 0 Å². The third-order valence-corrected chi connectivity index (χ3v) is 2.69.